The average molecular weight is 239 g/mol. The number of nitrogens with zero attached hydrogens (tertiary/aromatic N) is 1. The number of aliphatic carboxylic acids is 1. The second-order valence-electron chi connectivity index (χ2n) is 5.55. The third kappa shape index (κ3) is 2.79. The Morgan fingerprint density at radius 3 is 2.47 bits per heavy atom. The van der Waals surface area contributed by atoms with E-state index in [-0.39, 0.29) is 17.7 Å². The molecule has 0 aromatic carbocycles. The monoisotopic (exact) mass is 239 g/mol. The lowest BCUT2D eigenvalue weighted by Gasteiger charge is -2.36. The van der Waals surface area contributed by atoms with E-state index >= 15 is 0 Å². The Balaban J connectivity index is 1.83. The highest BCUT2D eigenvalue weighted by atomic mass is 16.4. The van der Waals surface area contributed by atoms with Gasteiger partial charge in [-0.3, -0.25) is 9.59 Å². The van der Waals surface area contributed by atoms with E-state index in [2.05, 4.69) is 0 Å². The molecule has 1 amide bonds. The van der Waals surface area contributed by atoms with Crippen molar-refractivity contribution in [3.05, 3.63) is 0 Å². The molecule has 1 saturated carbocycles. The van der Waals surface area contributed by atoms with E-state index in [9.17, 15) is 9.59 Å². The highest BCUT2D eigenvalue weighted by Crippen LogP contribution is 2.31. The van der Waals surface area contributed by atoms with Crippen LogP contribution in [-0.4, -0.2) is 35.0 Å². The molecule has 2 fully saturated rings. The molecule has 4 nitrogen and oxygen atoms in total. The van der Waals surface area contributed by atoms with Crippen molar-refractivity contribution in [2.75, 3.05) is 13.1 Å². The average Bonchev–Trinajstić information content (AvgIpc) is 2.22. The number of carbonyl (C=O) groups is 2. The fourth-order valence-corrected chi connectivity index (χ4v) is 2.81. The molecule has 96 valence electrons. The molecule has 1 N–H and O–H groups in total. The van der Waals surface area contributed by atoms with Crippen molar-refractivity contribution in [3.63, 3.8) is 0 Å². The maximum atomic E-state index is 12.0. The van der Waals surface area contributed by atoms with Crippen molar-refractivity contribution in [3.8, 4) is 0 Å². The summed E-state index contributed by atoms with van der Waals surface area (Å²) < 4.78 is 0. The Hall–Kier alpha value is -1.06. The van der Waals surface area contributed by atoms with Crippen LogP contribution in [0.15, 0.2) is 0 Å². The highest BCUT2D eigenvalue weighted by molar-refractivity contribution is 5.77. The molecule has 0 aromatic rings. The highest BCUT2D eigenvalue weighted by Gasteiger charge is 2.33. The van der Waals surface area contributed by atoms with Crippen molar-refractivity contribution in [2.45, 2.75) is 39.0 Å². The predicted molar refractivity (Wildman–Crippen MR) is 63.4 cm³/mol. The van der Waals surface area contributed by atoms with Gasteiger partial charge < -0.3 is 10.0 Å². The van der Waals surface area contributed by atoms with Crippen LogP contribution in [0.1, 0.15) is 39.0 Å². The van der Waals surface area contributed by atoms with Gasteiger partial charge in [0.1, 0.15) is 0 Å². The number of hydrogen-bond acceptors (Lipinski definition) is 2. The van der Waals surface area contributed by atoms with Crippen molar-refractivity contribution >= 4 is 11.9 Å². The van der Waals surface area contributed by atoms with Gasteiger partial charge >= 0.3 is 5.97 Å². The number of carboxylic acid groups (broad SMARTS) is 1. The molecule has 1 saturated heterocycles. The summed E-state index contributed by atoms with van der Waals surface area (Å²) in [6, 6.07) is 0. The molecule has 17 heavy (non-hydrogen) atoms. The Morgan fingerprint density at radius 2 is 2.00 bits per heavy atom. The van der Waals surface area contributed by atoms with E-state index in [1.165, 1.54) is 19.3 Å². The van der Waals surface area contributed by atoms with E-state index < -0.39 is 5.97 Å². The molecule has 1 heterocycles. The minimum absolute atomic E-state index is 0.0755. The predicted octanol–water partition coefficient (Wildman–Crippen LogP) is 1.75. The van der Waals surface area contributed by atoms with Gasteiger partial charge in [0, 0.05) is 19.5 Å². The summed E-state index contributed by atoms with van der Waals surface area (Å²) in [5.41, 5.74) is 0. The number of hydrogen-bond donors (Lipinski definition) is 1. The quantitative estimate of drug-likeness (QED) is 0.816. The number of carboxylic acids is 1. The summed E-state index contributed by atoms with van der Waals surface area (Å²) in [5, 5.41) is 9.02. The molecule has 0 aromatic heterocycles. The van der Waals surface area contributed by atoms with Crippen LogP contribution >= 0.6 is 0 Å². The zero-order chi connectivity index (χ0) is 12.4. The largest absolute Gasteiger partial charge is 0.481 e. The van der Waals surface area contributed by atoms with Crippen LogP contribution in [0.5, 0.6) is 0 Å². The zero-order valence-corrected chi connectivity index (χ0v) is 10.4. The summed E-state index contributed by atoms with van der Waals surface area (Å²) in [5.74, 6) is -0.0988. The molecule has 0 spiro atoms. The standard InChI is InChI=1S/C13H21NO3/c1-9-8-14(6-5-11(9)13(16)17)12(15)7-10-3-2-4-10/h9-11H,2-8H2,1H3,(H,16,17). The van der Waals surface area contributed by atoms with Gasteiger partial charge in [-0.2, -0.15) is 0 Å². The first-order valence-corrected chi connectivity index (χ1v) is 6.58. The fourth-order valence-electron chi connectivity index (χ4n) is 2.81. The first-order valence-electron chi connectivity index (χ1n) is 6.58. The van der Waals surface area contributed by atoms with Crippen LogP contribution in [0.3, 0.4) is 0 Å². The third-order valence-electron chi connectivity index (χ3n) is 4.26. The minimum Gasteiger partial charge on any atom is -0.481 e. The van der Waals surface area contributed by atoms with Crippen LogP contribution in [-0.2, 0) is 9.59 Å². The second kappa shape index (κ2) is 5.07. The van der Waals surface area contributed by atoms with Gasteiger partial charge in [-0.1, -0.05) is 13.3 Å². The number of rotatable bonds is 3. The van der Waals surface area contributed by atoms with Crippen LogP contribution < -0.4 is 0 Å². The first-order chi connectivity index (χ1) is 8.08. The molecular formula is C13H21NO3. The molecule has 2 aliphatic rings. The molecule has 1 aliphatic heterocycles. The van der Waals surface area contributed by atoms with Crippen LogP contribution in [0.25, 0.3) is 0 Å². The third-order valence-corrected chi connectivity index (χ3v) is 4.26. The minimum atomic E-state index is -0.719. The Morgan fingerprint density at radius 1 is 1.29 bits per heavy atom. The lowest BCUT2D eigenvalue weighted by Crippen LogP contribution is -2.45. The first kappa shape index (κ1) is 12.4. The lowest BCUT2D eigenvalue weighted by atomic mass is 9.82. The molecule has 0 radical (unpaired) electrons. The Bertz CT molecular complexity index is 312. The summed E-state index contributed by atoms with van der Waals surface area (Å²) in [4.78, 5) is 24.8. The molecule has 4 heteroatoms. The molecule has 1 aliphatic carbocycles. The summed E-state index contributed by atoms with van der Waals surface area (Å²) >= 11 is 0. The maximum absolute atomic E-state index is 12.0. The maximum Gasteiger partial charge on any atom is 0.306 e. The van der Waals surface area contributed by atoms with E-state index in [0.717, 1.165) is 0 Å². The van der Waals surface area contributed by atoms with E-state index in [4.69, 9.17) is 5.11 Å². The van der Waals surface area contributed by atoms with Crippen molar-refractivity contribution in [2.24, 2.45) is 17.8 Å². The van der Waals surface area contributed by atoms with Crippen LogP contribution in [0, 0.1) is 17.8 Å². The van der Waals surface area contributed by atoms with Gasteiger partial charge in [0.25, 0.3) is 0 Å². The van der Waals surface area contributed by atoms with Crippen molar-refractivity contribution in [1.82, 2.24) is 4.90 Å². The zero-order valence-electron chi connectivity index (χ0n) is 10.4. The number of piperidine rings is 1. The molecular weight excluding hydrogens is 218 g/mol. The van der Waals surface area contributed by atoms with E-state index in [1.54, 1.807) is 0 Å². The van der Waals surface area contributed by atoms with E-state index in [1.807, 2.05) is 11.8 Å². The van der Waals surface area contributed by atoms with Gasteiger partial charge in [0.05, 0.1) is 5.92 Å². The summed E-state index contributed by atoms with van der Waals surface area (Å²) in [7, 11) is 0. The molecule has 2 rings (SSSR count). The normalized spacial score (nSPS) is 29.8. The van der Waals surface area contributed by atoms with Gasteiger partial charge in [0.15, 0.2) is 0 Å². The number of amides is 1. The van der Waals surface area contributed by atoms with Crippen LogP contribution in [0.2, 0.25) is 0 Å². The Kier molecular flexibility index (Phi) is 3.69. The smallest absolute Gasteiger partial charge is 0.306 e. The van der Waals surface area contributed by atoms with Gasteiger partial charge in [-0.25, -0.2) is 0 Å². The van der Waals surface area contributed by atoms with E-state index in [0.29, 0.717) is 31.8 Å². The van der Waals surface area contributed by atoms with Gasteiger partial charge in [-0.15, -0.1) is 0 Å². The Labute approximate surface area is 102 Å². The number of carbonyl (C=O) groups excluding carboxylic acids is 1. The lowest BCUT2D eigenvalue weighted by molar-refractivity contribution is -0.148. The van der Waals surface area contributed by atoms with Crippen molar-refractivity contribution in [1.29, 1.82) is 0 Å². The van der Waals surface area contributed by atoms with Crippen molar-refractivity contribution < 1.29 is 14.7 Å². The molecule has 0 bridgehead atoms. The fraction of sp³-hybridized carbons (Fsp3) is 0.846. The molecule has 2 atom stereocenters. The molecule has 2 unspecified atom stereocenters. The number of likely N-dealkylation sites (tertiary alicyclic amines) is 1. The topological polar surface area (TPSA) is 57.6 Å². The van der Waals surface area contributed by atoms with Crippen LogP contribution in [0.4, 0.5) is 0 Å². The second-order valence-corrected chi connectivity index (χ2v) is 5.55. The van der Waals surface area contributed by atoms with Gasteiger partial charge in [-0.05, 0) is 31.1 Å². The SMILES string of the molecule is CC1CN(C(=O)CC2CCC2)CCC1C(=O)O. The summed E-state index contributed by atoms with van der Waals surface area (Å²) in [6.45, 7) is 3.16. The summed E-state index contributed by atoms with van der Waals surface area (Å²) in [6.07, 6.45) is 4.91. The van der Waals surface area contributed by atoms with Gasteiger partial charge in [0.2, 0.25) is 5.91 Å².